The number of rotatable bonds is 6. The van der Waals surface area contributed by atoms with Crippen molar-refractivity contribution in [3.8, 4) is 5.75 Å². The third-order valence-corrected chi connectivity index (χ3v) is 4.66. The van der Waals surface area contributed by atoms with E-state index in [0.29, 0.717) is 28.4 Å². The molecule has 0 unspecified atom stereocenters. The Bertz CT molecular complexity index is 1010. The summed E-state index contributed by atoms with van der Waals surface area (Å²) in [4.78, 5) is 24.5. The van der Waals surface area contributed by atoms with Crippen LogP contribution in [0.1, 0.15) is 23.7 Å². The van der Waals surface area contributed by atoms with Gasteiger partial charge in [0.2, 0.25) is 0 Å². The SMILES string of the molecule is CC[C@H](Oc1cccc2ccccc12)C(=O)Nc1cc(C(=O)OC)ccc1Cl. The maximum Gasteiger partial charge on any atom is 0.337 e. The molecule has 0 aromatic heterocycles. The molecule has 0 radical (unpaired) electrons. The van der Waals surface area contributed by atoms with Crippen molar-refractivity contribution in [3.63, 3.8) is 0 Å². The number of fused-ring (bicyclic) bond motifs is 1. The van der Waals surface area contributed by atoms with Gasteiger partial charge in [0, 0.05) is 5.39 Å². The van der Waals surface area contributed by atoms with Crippen LogP contribution in [0, 0.1) is 0 Å². The van der Waals surface area contributed by atoms with Crippen LogP contribution in [0.3, 0.4) is 0 Å². The molecule has 0 bridgehead atoms. The van der Waals surface area contributed by atoms with E-state index < -0.39 is 12.1 Å². The minimum atomic E-state index is -0.719. The fraction of sp³-hybridized carbons (Fsp3) is 0.182. The molecule has 1 amide bonds. The van der Waals surface area contributed by atoms with Crippen molar-refractivity contribution >= 4 is 39.9 Å². The van der Waals surface area contributed by atoms with Crippen LogP contribution in [0.15, 0.2) is 60.7 Å². The van der Waals surface area contributed by atoms with Gasteiger partial charge in [0.15, 0.2) is 6.10 Å². The van der Waals surface area contributed by atoms with Gasteiger partial charge in [-0.1, -0.05) is 54.9 Å². The van der Waals surface area contributed by atoms with Crippen LogP contribution >= 0.6 is 11.6 Å². The van der Waals surface area contributed by atoms with Gasteiger partial charge in [0.1, 0.15) is 5.75 Å². The zero-order valence-corrected chi connectivity index (χ0v) is 16.3. The van der Waals surface area contributed by atoms with E-state index >= 15 is 0 Å². The number of carbonyl (C=O) groups is 2. The number of hydrogen-bond acceptors (Lipinski definition) is 4. The lowest BCUT2D eigenvalue weighted by molar-refractivity contribution is -0.122. The Morgan fingerprint density at radius 2 is 1.82 bits per heavy atom. The first kappa shape index (κ1) is 19.7. The van der Waals surface area contributed by atoms with Gasteiger partial charge >= 0.3 is 5.97 Å². The molecule has 0 heterocycles. The fourth-order valence-corrected chi connectivity index (χ4v) is 3.02. The van der Waals surface area contributed by atoms with Crippen molar-refractivity contribution < 1.29 is 19.1 Å². The molecule has 1 N–H and O–H groups in total. The summed E-state index contributed by atoms with van der Waals surface area (Å²) in [5, 5.41) is 5.03. The highest BCUT2D eigenvalue weighted by atomic mass is 35.5. The first-order valence-corrected chi connectivity index (χ1v) is 9.24. The number of ether oxygens (including phenoxy) is 2. The second-order valence-corrected chi connectivity index (χ2v) is 6.57. The monoisotopic (exact) mass is 397 g/mol. The molecule has 0 aliphatic rings. The van der Waals surface area contributed by atoms with Crippen molar-refractivity contribution in [2.75, 3.05) is 12.4 Å². The number of amides is 1. The first-order chi connectivity index (χ1) is 13.5. The number of nitrogens with one attached hydrogen (secondary N) is 1. The molecule has 1 atom stereocenters. The zero-order chi connectivity index (χ0) is 20.1. The van der Waals surface area contributed by atoms with Crippen molar-refractivity contribution in [1.29, 1.82) is 0 Å². The summed E-state index contributed by atoms with van der Waals surface area (Å²) in [6.45, 7) is 1.86. The smallest absolute Gasteiger partial charge is 0.337 e. The van der Waals surface area contributed by atoms with Crippen LogP contribution in [-0.2, 0) is 9.53 Å². The molecular weight excluding hydrogens is 378 g/mol. The second-order valence-electron chi connectivity index (χ2n) is 6.17. The van der Waals surface area contributed by atoms with Gasteiger partial charge in [-0.15, -0.1) is 0 Å². The van der Waals surface area contributed by atoms with E-state index in [-0.39, 0.29) is 5.91 Å². The van der Waals surface area contributed by atoms with E-state index in [1.54, 1.807) is 0 Å². The number of esters is 1. The van der Waals surface area contributed by atoms with Gasteiger partial charge in [-0.3, -0.25) is 4.79 Å². The maximum absolute atomic E-state index is 12.8. The topological polar surface area (TPSA) is 64.6 Å². The number of anilines is 1. The number of benzene rings is 3. The van der Waals surface area contributed by atoms with Crippen molar-refractivity contribution in [2.24, 2.45) is 0 Å². The normalized spacial score (nSPS) is 11.7. The predicted molar refractivity (Wildman–Crippen MR) is 110 cm³/mol. The lowest BCUT2D eigenvalue weighted by atomic mass is 10.1. The van der Waals surface area contributed by atoms with E-state index in [9.17, 15) is 9.59 Å². The van der Waals surface area contributed by atoms with Gasteiger partial charge in [-0.25, -0.2) is 4.79 Å². The van der Waals surface area contributed by atoms with E-state index in [0.717, 1.165) is 10.8 Å². The van der Waals surface area contributed by atoms with Crippen LogP contribution in [0.4, 0.5) is 5.69 Å². The highest BCUT2D eigenvalue weighted by Crippen LogP contribution is 2.28. The highest BCUT2D eigenvalue weighted by molar-refractivity contribution is 6.34. The van der Waals surface area contributed by atoms with Crippen molar-refractivity contribution in [2.45, 2.75) is 19.4 Å². The molecular formula is C22H20ClNO4. The molecule has 0 saturated heterocycles. The Balaban J connectivity index is 1.82. The minimum absolute atomic E-state index is 0.297. The van der Waals surface area contributed by atoms with E-state index in [2.05, 4.69) is 5.32 Å². The van der Waals surface area contributed by atoms with Gasteiger partial charge in [0.25, 0.3) is 5.91 Å². The summed E-state index contributed by atoms with van der Waals surface area (Å²) < 4.78 is 10.7. The summed E-state index contributed by atoms with van der Waals surface area (Å²) in [6, 6.07) is 18.1. The average Bonchev–Trinajstić information content (AvgIpc) is 2.72. The maximum atomic E-state index is 12.8. The Morgan fingerprint density at radius 3 is 2.57 bits per heavy atom. The molecule has 0 aliphatic carbocycles. The standard InChI is InChI=1S/C22H20ClNO4/c1-3-19(28-20-10-6-8-14-7-4-5-9-16(14)20)21(25)24-18-13-15(22(26)27-2)11-12-17(18)23/h4-13,19H,3H2,1-2H3,(H,24,25)/t19-/m0/s1. The van der Waals surface area contributed by atoms with Gasteiger partial charge < -0.3 is 14.8 Å². The minimum Gasteiger partial charge on any atom is -0.480 e. The Kier molecular flexibility index (Phi) is 6.16. The van der Waals surface area contributed by atoms with E-state index in [1.807, 2.05) is 49.4 Å². The number of methoxy groups -OCH3 is 1. The van der Waals surface area contributed by atoms with Crippen LogP contribution in [-0.4, -0.2) is 25.1 Å². The number of halogens is 1. The molecule has 0 spiro atoms. The summed E-state index contributed by atoms with van der Waals surface area (Å²) in [5.41, 5.74) is 0.625. The molecule has 3 aromatic rings. The highest BCUT2D eigenvalue weighted by Gasteiger charge is 2.21. The first-order valence-electron chi connectivity index (χ1n) is 8.86. The molecule has 0 saturated carbocycles. The Hall–Kier alpha value is -3.05. The largest absolute Gasteiger partial charge is 0.480 e. The summed E-state index contributed by atoms with van der Waals surface area (Å²) in [7, 11) is 1.29. The van der Waals surface area contributed by atoms with Crippen LogP contribution < -0.4 is 10.1 Å². The molecule has 3 aromatic carbocycles. The molecule has 3 rings (SSSR count). The van der Waals surface area contributed by atoms with Gasteiger partial charge in [-0.2, -0.15) is 0 Å². The molecule has 0 aliphatic heterocycles. The van der Waals surface area contributed by atoms with Gasteiger partial charge in [0.05, 0.1) is 23.4 Å². The number of hydrogen-bond donors (Lipinski definition) is 1. The summed E-state index contributed by atoms with van der Waals surface area (Å²) in [6.07, 6.45) is -0.257. The molecule has 0 fully saturated rings. The Morgan fingerprint density at radius 1 is 1.07 bits per heavy atom. The van der Waals surface area contributed by atoms with E-state index in [1.165, 1.54) is 25.3 Å². The molecule has 28 heavy (non-hydrogen) atoms. The molecule has 144 valence electrons. The average molecular weight is 398 g/mol. The summed E-state index contributed by atoms with van der Waals surface area (Å²) in [5.74, 6) is -0.222. The lowest BCUT2D eigenvalue weighted by Crippen LogP contribution is -2.32. The Labute approximate surface area is 168 Å². The third kappa shape index (κ3) is 4.26. The molecule has 6 heteroatoms. The van der Waals surface area contributed by atoms with Crippen LogP contribution in [0.25, 0.3) is 10.8 Å². The summed E-state index contributed by atoms with van der Waals surface area (Å²) >= 11 is 6.17. The van der Waals surface area contributed by atoms with Gasteiger partial charge in [-0.05, 0) is 36.1 Å². The quantitative estimate of drug-likeness (QED) is 0.589. The molecule has 5 nitrogen and oxygen atoms in total. The van der Waals surface area contributed by atoms with Crippen molar-refractivity contribution in [3.05, 3.63) is 71.2 Å². The van der Waals surface area contributed by atoms with Crippen molar-refractivity contribution in [1.82, 2.24) is 0 Å². The van der Waals surface area contributed by atoms with Crippen LogP contribution in [0.5, 0.6) is 5.75 Å². The fourth-order valence-electron chi connectivity index (χ4n) is 2.85. The third-order valence-electron chi connectivity index (χ3n) is 4.33. The predicted octanol–water partition coefficient (Wildman–Crippen LogP) is 5.08. The van der Waals surface area contributed by atoms with Crippen LogP contribution in [0.2, 0.25) is 5.02 Å². The zero-order valence-electron chi connectivity index (χ0n) is 15.6. The second kappa shape index (κ2) is 8.76. The number of carbonyl (C=O) groups excluding carboxylic acids is 2. The lowest BCUT2D eigenvalue weighted by Gasteiger charge is -2.19. The van der Waals surface area contributed by atoms with E-state index in [4.69, 9.17) is 21.1 Å².